The van der Waals surface area contributed by atoms with Gasteiger partial charge in [0.05, 0.1) is 0 Å². The highest BCUT2D eigenvalue weighted by Crippen LogP contribution is 1.66. The molecular formula is C4H9NO3S. The molecule has 5 heteroatoms. The van der Waals surface area contributed by atoms with Crippen molar-refractivity contribution >= 4 is 16.6 Å². The number of carbonyl (C=O) groups is 1. The van der Waals surface area contributed by atoms with Crippen molar-refractivity contribution in [2.75, 3.05) is 12.3 Å². The van der Waals surface area contributed by atoms with Crippen molar-refractivity contribution in [2.24, 2.45) is 0 Å². The Morgan fingerprint density at radius 2 is 2.11 bits per heavy atom. The maximum atomic E-state index is 10.4. The molecule has 9 heavy (non-hydrogen) atoms. The molecule has 1 amide bonds. The second kappa shape index (κ2) is 4.31. The van der Waals surface area contributed by atoms with Crippen LogP contribution in [0, 0.1) is 0 Å². The predicted molar refractivity (Wildman–Crippen MR) is 33.9 cm³/mol. The zero-order valence-corrected chi connectivity index (χ0v) is 5.98. The third kappa shape index (κ3) is 5.29. The van der Waals surface area contributed by atoms with Gasteiger partial charge in [0.25, 0.3) is 0 Å². The van der Waals surface area contributed by atoms with Gasteiger partial charge in [0.1, 0.15) is 16.5 Å². The molecule has 0 atom stereocenters. The van der Waals surface area contributed by atoms with Gasteiger partial charge in [-0.2, -0.15) is 0 Å². The monoisotopic (exact) mass is 151 g/mol. The van der Waals surface area contributed by atoms with Crippen LogP contribution in [0.15, 0.2) is 0 Å². The first-order chi connectivity index (χ1) is 4.16. The summed E-state index contributed by atoms with van der Waals surface area (Å²) in [6.45, 7) is 2.21. The van der Waals surface area contributed by atoms with E-state index in [1.54, 1.807) is 6.92 Å². The zero-order chi connectivity index (χ0) is 7.28. The molecule has 0 aromatic heterocycles. The largest absolute Gasteiger partial charge is 0.356 e. The van der Waals surface area contributed by atoms with Crippen LogP contribution in [0.5, 0.6) is 0 Å². The molecule has 0 spiro atoms. The van der Waals surface area contributed by atoms with Crippen LogP contribution >= 0.6 is 0 Å². The van der Waals surface area contributed by atoms with Crippen molar-refractivity contribution < 1.29 is 13.2 Å². The lowest BCUT2D eigenvalue weighted by atomic mass is 10.6. The average Bonchev–Trinajstić information content (AvgIpc) is 1.63. The zero-order valence-electron chi connectivity index (χ0n) is 5.09. The van der Waals surface area contributed by atoms with Gasteiger partial charge in [-0.05, 0) is 6.92 Å². The van der Waals surface area contributed by atoms with Crippen molar-refractivity contribution in [2.45, 2.75) is 6.92 Å². The molecule has 4 nitrogen and oxygen atoms in total. The van der Waals surface area contributed by atoms with Crippen LogP contribution in [-0.4, -0.2) is 26.6 Å². The molecule has 0 fully saturated rings. The Labute approximate surface area is 55.2 Å². The Bertz CT molecular complexity index is 155. The van der Waals surface area contributed by atoms with Gasteiger partial charge in [0, 0.05) is 6.54 Å². The number of nitrogens with one attached hydrogen (secondary N) is 1. The molecule has 0 rings (SSSR count). The molecule has 0 aliphatic carbocycles. The summed E-state index contributed by atoms with van der Waals surface area (Å²) in [6.07, 6.45) is 0. The van der Waals surface area contributed by atoms with Crippen molar-refractivity contribution in [1.82, 2.24) is 5.32 Å². The summed E-state index contributed by atoms with van der Waals surface area (Å²) < 4.78 is 19.7. The summed E-state index contributed by atoms with van der Waals surface area (Å²) in [5, 5.41) is 2.35. The van der Waals surface area contributed by atoms with Crippen LogP contribution in [-0.2, 0) is 15.5 Å². The first kappa shape index (κ1) is 8.42. The lowest BCUT2D eigenvalue weighted by molar-refractivity contribution is -0.118. The molecule has 0 heterocycles. The van der Waals surface area contributed by atoms with Crippen molar-refractivity contribution in [3.05, 3.63) is 0 Å². The minimum Gasteiger partial charge on any atom is -0.356 e. The Morgan fingerprint density at radius 1 is 1.56 bits per heavy atom. The van der Waals surface area contributed by atoms with Gasteiger partial charge in [-0.3, -0.25) is 4.79 Å². The van der Waals surface area contributed by atoms with Gasteiger partial charge in [-0.15, -0.1) is 0 Å². The maximum Gasteiger partial charge on any atom is 0.234 e. The second-order valence-corrected chi connectivity index (χ2v) is 2.43. The topological polar surface area (TPSA) is 63.2 Å². The van der Waals surface area contributed by atoms with E-state index in [4.69, 9.17) is 0 Å². The van der Waals surface area contributed by atoms with Crippen LogP contribution in [0.1, 0.15) is 6.92 Å². The Morgan fingerprint density at radius 3 is 2.44 bits per heavy atom. The first-order valence-corrected chi connectivity index (χ1v) is 3.91. The first-order valence-electron chi connectivity index (χ1n) is 2.55. The van der Waals surface area contributed by atoms with E-state index in [1.165, 1.54) is 0 Å². The molecule has 0 aromatic rings. The fraction of sp³-hybridized carbons (Fsp3) is 0.750. The highest BCUT2D eigenvalue weighted by atomic mass is 32.2. The predicted octanol–water partition coefficient (Wildman–Crippen LogP) is -1.27. The highest BCUT2D eigenvalue weighted by Gasteiger charge is 1.97. The second-order valence-electron chi connectivity index (χ2n) is 1.44. The third-order valence-corrected chi connectivity index (χ3v) is 1.19. The van der Waals surface area contributed by atoms with Gasteiger partial charge < -0.3 is 5.32 Å². The fourth-order valence-electron chi connectivity index (χ4n) is 0.370. The van der Waals surface area contributed by atoms with E-state index < -0.39 is 22.4 Å². The van der Waals surface area contributed by atoms with E-state index in [0.717, 1.165) is 0 Å². The standard InChI is InChI=1S/C4H9NO3S/c1-2-5-4(6)3-9(7)8/h9H,2-3H2,1H3,(H,5,6). The highest BCUT2D eigenvalue weighted by molar-refractivity contribution is 7.73. The number of carbonyl (C=O) groups excluding carboxylic acids is 1. The van der Waals surface area contributed by atoms with E-state index in [1.807, 2.05) is 0 Å². The van der Waals surface area contributed by atoms with Crippen LogP contribution in [0.25, 0.3) is 0 Å². The molecule has 0 saturated heterocycles. The van der Waals surface area contributed by atoms with E-state index in [0.29, 0.717) is 6.54 Å². The molecular weight excluding hydrogens is 142 g/mol. The van der Waals surface area contributed by atoms with Crippen molar-refractivity contribution in [3.8, 4) is 0 Å². The number of amides is 1. The van der Waals surface area contributed by atoms with E-state index in [9.17, 15) is 13.2 Å². The van der Waals surface area contributed by atoms with Crippen LogP contribution < -0.4 is 5.32 Å². The van der Waals surface area contributed by atoms with Gasteiger partial charge >= 0.3 is 0 Å². The molecule has 0 aliphatic rings. The lowest BCUT2D eigenvalue weighted by Gasteiger charge is -1.93. The molecule has 0 aromatic carbocycles. The normalized spacial score (nSPS) is 9.56. The summed E-state index contributed by atoms with van der Waals surface area (Å²) in [7, 11) is -2.56. The SMILES string of the molecule is CCNC(=O)C[SH](=O)=O. The molecule has 0 aliphatic heterocycles. The van der Waals surface area contributed by atoms with Gasteiger partial charge in [0.15, 0.2) is 0 Å². The Kier molecular flexibility index (Phi) is 4.04. The molecule has 0 bridgehead atoms. The summed E-state index contributed by atoms with van der Waals surface area (Å²) >= 11 is 0. The van der Waals surface area contributed by atoms with Crippen molar-refractivity contribution in [1.29, 1.82) is 0 Å². The van der Waals surface area contributed by atoms with E-state index in [2.05, 4.69) is 5.32 Å². The smallest absolute Gasteiger partial charge is 0.234 e. The minimum atomic E-state index is -2.56. The molecule has 0 radical (unpaired) electrons. The Hall–Kier alpha value is -0.580. The van der Waals surface area contributed by atoms with Crippen LogP contribution in [0.2, 0.25) is 0 Å². The number of hydrogen-bond acceptors (Lipinski definition) is 3. The van der Waals surface area contributed by atoms with Gasteiger partial charge in [-0.1, -0.05) is 0 Å². The summed E-state index contributed by atoms with van der Waals surface area (Å²) in [6, 6.07) is 0. The summed E-state index contributed by atoms with van der Waals surface area (Å²) in [4.78, 5) is 10.4. The van der Waals surface area contributed by atoms with Gasteiger partial charge in [0.2, 0.25) is 5.91 Å². The maximum absolute atomic E-state index is 10.4. The van der Waals surface area contributed by atoms with Crippen LogP contribution in [0.3, 0.4) is 0 Å². The van der Waals surface area contributed by atoms with Gasteiger partial charge in [-0.25, -0.2) is 8.42 Å². The number of rotatable bonds is 3. The molecule has 0 unspecified atom stereocenters. The number of hydrogen-bond donors (Lipinski definition) is 2. The Balaban J connectivity index is 3.51. The van der Waals surface area contributed by atoms with E-state index >= 15 is 0 Å². The van der Waals surface area contributed by atoms with Crippen molar-refractivity contribution in [3.63, 3.8) is 0 Å². The minimum absolute atomic E-state index is 0.400. The average molecular weight is 151 g/mol. The summed E-state index contributed by atoms with van der Waals surface area (Å²) in [5.74, 6) is -0.836. The number of thiol groups is 1. The summed E-state index contributed by atoms with van der Waals surface area (Å²) in [5.41, 5.74) is 0. The third-order valence-electron chi connectivity index (χ3n) is 0.647. The molecule has 54 valence electrons. The van der Waals surface area contributed by atoms with Crippen LogP contribution in [0.4, 0.5) is 0 Å². The fourth-order valence-corrected chi connectivity index (χ4v) is 0.717. The molecule has 0 saturated carbocycles. The molecule has 1 N–H and O–H groups in total. The van der Waals surface area contributed by atoms with E-state index in [-0.39, 0.29) is 0 Å². The lowest BCUT2D eigenvalue weighted by Crippen LogP contribution is -2.26. The quantitative estimate of drug-likeness (QED) is 0.494.